The van der Waals surface area contributed by atoms with Gasteiger partial charge in [-0.25, -0.2) is 0 Å². The smallest absolute Gasteiger partial charge is 0.170 e. The molecule has 0 saturated carbocycles. The summed E-state index contributed by atoms with van der Waals surface area (Å²) >= 11 is 5.70. The molecule has 1 aliphatic rings. The molecular weight excluding hydrogens is 380 g/mol. The lowest BCUT2D eigenvalue weighted by Gasteiger charge is -2.27. The normalized spacial score (nSPS) is 18.9. The van der Waals surface area contributed by atoms with Gasteiger partial charge in [0.15, 0.2) is 5.11 Å². The Morgan fingerprint density at radius 1 is 1.14 bits per heavy atom. The van der Waals surface area contributed by atoms with Crippen LogP contribution in [-0.2, 0) is 0 Å². The fourth-order valence-electron chi connectivity index (χ4n) is 4.34. The molecule has 3 heterocycles. The lowest BCUT2D eigenvalue weighted by Crippen LogP contribution is -2.30. The van der Waals surface area contributed by atoms with Gasteiger partial charge >= 0.3 is 0 Å². The van der Waals surface area contributed by atoms with E-state index in [1.165, 1.54) is 5.56 Å². The average Bonchev–Trinajstić information content (AvgIpc) is 3.19. The van der Waals surface area contributed by atoms with Gasteiger partial charge in [-0.15, -0.1) is 0 Å². The SMILES string of the molecule is CCCN1C(=S)NC(c2ccccn2)C1c1cc(C)n(-c2ccccc2O)c1C. The first-order valence-electron chi connectivity index (χ1n) is 9.98. The van der Waals surface area contributed by atoms with Crippen LogP contribution in [0.2, 0.25) is 0 Å². The third kappa shape index (κ3) is 3.38. The second-order valence-corrected chi connectivity index (χ2v) is 7.86. The highest BCUT2D eigenvalue weighted by atomic mass is 32.1. The number of nitrogens with zero attached hydrogens (tertiary/aromatic N) is 3. The number of aromatic hydroxyl groups is 1. The van der Waals surface area contributed by atoms with Crippen molar-refractivity contribution in [3.63, 3.8) is 0 Å². The van der Waals surface area contributed by atoms with Gasteiger partial charge in [0.2, 0.25) is 0 Å². The molecule has 3 aromatic rings. The number of pyridine rings is 1. The maximum Gasteiger partial charge on any atom is 0.170 e. The number of aryl methyl sites for hydroxylation is 1. The zero-order valence-electron chi connectivity index (χ0n) is 17.0. The molecule has 150 valence electrons. The molecule has 0 bridgehead atoms. The number of rotatable bonds is 5. The van der Waals surface area contributed by atoms with E-state index in [1.54, 1.807) is 6.07 Å². The first-order chi connectivity index (χ1) is 14.0. The summed E-state index contributed by atoms with van der Waals surface area (Å²) in [5.74, 6) is 0.271. The van der Waals surface area contributed by atoms with E-state index in [1.807, 2.05) is 42.6 Å². The number of benzene rings is 1. The summed E-state index contributed by atoms with van der Waals surface area (Å²) in [6, 6.07) is 15.7. The number of para-hydroxylation sites is 2. The standard InChI is InChI=1S/C23H26N4OS/c1-4-13-26-22(21(25-23(26)29)18-9-7-8-12-24-18)17-14-15(2)27(16(17)3)19-10-5-6-11-20(19)28/h5-12,14,21-22,28H,4,13H2,1-3H3,(H,25,29). The Bertz CT molecular complexity index is 1030. The Labute approximate surface area is 177 Å². The molecule has 1 fully saturated rings. The molecule has 2 unspecified atom stereocenters. The molecule has 29 heavy (non-hydrogen) atoms. The van der Waals surface area contributed by atoms with Gasteiger partial charge < -0.3 is 19.9 Å². The second kappa shape index (κ2) is 7.87. The number of thiocarbonyl (C=S) groups is 1. The van der Waals surface area contributed by atoms with Gasteiger partial charge in [0.1, 0.15) is 5.75 Å². The van der Waals surface area contributed by atoms with E-state index in [0.29, 0.717) is 0 Å². The molecule has 0 radical (unpaired) electrons. The summed E-state index contributed by atoms with van der Waals surface area (Å²) in [6.07, 6.45) is 2.83. The van der Waals surface area contributed by atoms with Crippen molar-refractivity contribution < 1.29 is 5.11 Å². The van der Waals surface area contributed by atoms with Crippen molar-refractivity contribution in [2.45, 2.75) is 39.3 Å². The van der Waals surface area contributed by atoms with Crippen molar-refractivity contribution in [2.75, 3.05) is 6.54 Å². The lowest BCUT2D eigenvalue weighted by atomic mass is 9.96. The molecule has 0 spiro atoms. The molecule has 2 N–H and O–H groups in total. The number of aromatic nitrogens is 2. The predicted molar refractivity (Wildman–Crippen MR) is 119 cm³/mol. The van der Waals surface area contributed by atoms with Crippen LogP contribution in [0, 0.1) is 13.8 Å². The first-order valence-corrected chi connectivity index (χ1v) is 10.4. The van der Waals surface area contributed by atoms with Crippen LogP contribution in [0.3, 0.4) is 0 Å². The number of nitrogens with one attached hydrogen (secondary N) is 1. The third-order valence-corrected chi connectivity index (χ3v) is 5.93. The summed E-state index contributed by atoms with van der Waals surface area (Å²) in [6.45, 7) is 7.22. The molecule has 1 aliphatic heterocycles. The third-order valence-electron chi connectivity index (χ3n) is 5.57. The van der Waals surface area contributed by atoms with Crippen LogP contribution in [0.1, 0.15) is 48.1 Å². The molecule has 6 heteroatoms. The Kier molecular flexibility index (Phi) is 5.28. The highest BCUT2D eigenvalue weighted by molar-refractivity contribution is 7.80. The largest absolute Gasteiger partial charge is 0.506 e. The fourth-order valence-corrected chi connectivity index (χ4v) is 4.67. The lowest BCUT2D eigenvalue weighted by molar-refractivity contribution is 0.316. The van der Waals surface area contributed by atoms with Crippen molar-refractivity contribution >= 4 is 17.3 Å². The maximum atomic E-state index is 10.4. The van der Waals surface area contributed by atoms with Crippen molar-refractivity contribution in [2.24, 2.45) is 0 Å². The monoisotopic (exact) mass is 406 g/mol. The maximum absolute atomic E-state index is 10.4. The first kappa shape index (κ1) is 19.5. The Morgan fingerprint density at radius 3 is 2.59 bits per heavy atom. The molecule has 0 aliphatic carbocycles. The van der Waals surface area contributed by atoms with Crippen LogP contribution in [0.25, 0.3) is 5.69 Å². The summed E-state index contributed by atoms with van der Waals surface area (Å²) in [5.41, 5.74) is 5.14. The molecule has 1 saturated heterocycles. The van der Waals surface area contributed by atoms with Crippen molar-refractivity contribution in [3.05, 3.63) is 77.4 Å². The molecule has 2 aromatic heterocycles. The van der Waals surface area contributed by atoms with Gasteiger partial charge in [-0.2, -0.15) is 0 Å². The predicted octanol–water partition coefficient (Wildman–Crippen LogP) is 4.58. The number of hydrogen-bond acceptors (Lipinski definition) is 3. The van der Waals surface area contributed by atoms with Crippen LogP contribution in [0.5, 0.6) is 5.75 Å². The van der Waals surface area contributed by atoms with Gasteiger partial charge in [-0.3, -0.25) is 4.98 Å². The molecule has 0 amide bonds. The molecule has 4 rings (SSSR count). The molecule has 5 nitrogen and oxygen atoms in total. The van der Waals surface area contributed by atoms with E-state index < -0.39 is 0 Å². The summed E-state index contributed by atoms with van der Waals surface area (Å²) in [7, 11) is 0. The Hall–Kier alpha value is -2.86. The highest BCUT2D eigenvalue weighted by Crippen LogP contribution is 2.41. The van der Waals surface area contributed by atoms with Crippen LogP contribution < -0.4 is 5.32 Å². The number of hydrogen-bond donors (Lipinski definition) is 2. The quantitative estimate of drug-likeness (QED) is 0.608. The number of phenols is 1. The molecule has 2 atom stereocenters. The van der Waals surface area contributed by atoms with Gasteiger partial charge in [-0.1, -0.05) is 25.1 Å². The second-order valence-electron chi connectivity index (χ2n) is 7.47. The number of phenolic OH excluding ortho intramolecular Hbond substituents is 1. The highest BCUT2D eigenvalue weighted by Gasteiger charge is 2.41. The van der Waals surface area contributed by atoms with Gasteiger partial charge in [0.05, 0.1) is 23.5 Å². The van der Waals surface area contributed by atoms with E-state index in [9.17, 15) is 5.11 Å². The molecule has 1 aromatic carbocycles. The summed E-state index contributed by atoms with van der Waals surface area (Å²) in [4.78, 5) is 6.87. The molecular formula is C23H26N4OS. The Morgan fingerprint density at radius 2 is 1.90 bits per heavy atom. The van der Waals surface area contributed by atoms with E-state index in [-0.39, 0.29) is 17.8 Å². The topological polar surface area (TPSA) is 53.3 Å². The van der Waals surface area contributed by atoms with Crippen molar-refractivity contribution in [1.82, 2.24) is 19.8 Å². The van der Waals surface area contributed by atoms with Crippen LogP contribution in [0.4, 0.5) is 0 Å². The van der Waals surface area contributed by atoms with Crippen molar-refractivity contribution in [3.8, 4) is 11.4 Å². The minimum absolute atomic E-state index is 0.0198. The fraction of sp³-hybridized carbons (Fsp3) is 0.304. The van der Waals surface area contributed by atoms with Crippen molar-refractivity contribution in [1.29, 1.82) is 0 Å². The van der Waals surface area contributed by atoms with Gasteiger partial charge in [0, 0.05) is 24.1 Å². The minimum atomic E-state index is -0.0198. The van der Waals surface area contributed by atoms with E-state index in [2.05, 4.69) is 46.6 Å². The van der Waals surface area contributed by atoms with E-state index >= 15 is 0 Å². The zero-order valence-corrected chi connectivity index (χ0v) is 17.8. The zero-order chi connectivity index (χ0) is 20.5. The van der Waals surface area contributed by atoms with E-state index in [0.717, 1.165) is 40.8 Å². The minimum Gasteiger partial charge on any atom is -0.506 e. The average molecular weight is 407 g/mol. The van der Waals surface area contributed by atoms with Gasteiger partial charge in [-0.05, 0) is 68.4 Å². The summed E-state index contributed by atoms with van der Waals surface area (Å²) < 4.78 is 2.12. The van der Waals surface area contributed by atoms with Crippen LogP contribution in [0.15, 0.2) is 54.7 Å². The van der Waals surface area contributed by atoms with Gasteiger partial charge in [0.25, 0.3) is 0 Å². The summed E-state index contributed by atoms with van der Waals surface area (Å²) in [5, 5.41) is 14.7. The Balaban J connectivity index is 1.85. The van der Waals surface area contributed by atoms with Crippen LogP contribution in [-0.4, -0.2) is 31.2 Å². The van der Waals surface area contributed by atoms with E-state index in [4.69, 9.17) is 12.2 Å². The van der Waals surface area contributed by atoms with Crippen LogP contribution >= 0.6 is 12.2 Å².